The molecule has 0 bridgehead atoms. The average molecular weight is 431 g/mol. The van der Waals surface area contributed by atoms with E-state index in [2.05, 4.69) is 24.9 Å². The second-order valence-corrected chi connectivity index (χ2v) is 4.18. The fourth-order valence-corrected chi connectivity index (χ4v) is 1.05. The lowest BCUT2D eigenvalue weighted by molar-refractivity contribution is -0.199. The standard InChI is InChI=1S/C9H2F9N5O5/c10-7(11,12)4(24)19-2(22-27-6(26)9(16,17)18)1-3(23-28-21-1)20-5(25)8(13,14)15/h(H,19,22,24)(H,20,23,25). The van der Waals surface area contributed by atoms with Gasteiger partial charge >= 0.3 is 36.3 Å². The first-order valence-electron chi connectivity index (χ1n) is 5.99. The summed E-state index contributed by atoms with van der Waals surface area (Å²) in [6, 6.07) is 0. The number of hydrogen-bond acceptors (Lipinski definition) is 8. The Morgan fingerprint density at radius 2 is 1.39 bits per heavy atom. The molecule has 0 unspecified atom stereocenters. The number of alkyl halides is 9. The zero-order valence-electron chi connectivity index (χ0n) is 12.3. The summed E-state index contributed by atoms with van der Waals surface area (Å²) in [6.45, 7) is 0. The van der Waals surface area contributed by atoms with Crippen molar-refractivity contribution in [1.29, 1.82) is 0 Å². The molecular weight excluding hydrogens is 429 g/mol. The summed E-state index contributed by atoms with van der Waals surface area (Å²) in [7, 11) is 0. The van der Waals surface area contributed by atoms with Gasteiger partial charge in [0.15, 0.2) is 5.69 Å². The van der Waals surface area contributed by atoms with Gasteiger partial charge in [0.1, 0.15) is 0 Å². The largest absolute Gasteiger partial charge is 0.493 e. The van der Waals surface area contributed by atoms with Crippen molar-refractivity contribution in [2.24, 2.45) is 5.16 Å². The highest BCUT2D eigenvalue weighted by Crippen LogP contribution is 2.21. The normalized spacial score (nSPS) is 13.1. The summed E-state index contributed by atoms with van der Waals surface area (Å²) in [4.78, 5) is 35.5. The molecule has 0 saturated carbocycles. The quantitative estimate of drug-likeness (QED) is 0.240. The molecule has 1 aromatic heterocycles. The van der Waals surface area contributed by atoms with Crippen molar-refractivity contribution in [2.75, 3.05) is 5.32 Å². The van der Waals surface area contributed by atoms with Crippen LogP contribution in [0.1, 0.15) is 5.69 Å². The number of nitrogens with zero attached hydrogens (tertiary/aromatic N) is 3. The number of oxime groups is 1. The molecule has 0 aliphatic rings. The predicted octanol–water partition coefficient (Wildman–Crippen LogP) is 1.02. The summed E-state index contributed by atoms with van der Waals surface area (Å²) in [5.41, 5.74) is -1.44. The van der Waals surface area contributed by atoms with Crippen LogP contribution in [0.15, 0.2) is 9.78 Å². The fourth-order valence-electron chi connectivity index (χ4n) is 1.05. The monoisotopic (exact) mass is 431 g/mol. The summed E-state index contributed by atoms with van der Waals surface area (Å²) in [6.07, 6.45) is -16.9. The van der Waals surface area contributed by atoms with Gasteiger partial charge in [0.25, 0.3) is 0 Å². The van der Waals surface area contributed by atoms with Crippen molar-refractivity contribution in [3.8, 4) is 0 Å². The van der Waals surface area contributed by atoms with Crippen molar-refractivity contribution in [1.82, 2.24) is 15.6 Å². The van der Waals surface area contributed by atoms with Crippen molar-refractivity contribution >= 4 is 29.4 Å². The summed E-state index contributed by atoms with van der Waals surface area (Å²) >= 11 is 0. The van der Waals surface area contributed by atoms with Gasteiger partial charge in [-0.2, -0.15) is 39.5 Å². The van der Waals surface area contributed by atoms with E-state index in [1.54, 1.807) is 0 Å². The molecule has 0 aliphatic heterocycles. The van der Waals surface area contributed by atoms with Gasteiger partial charge in [-0.15, -0.1) is 0 Å². The van der Waals surface area contributed by atoms with Crippen LogP contribution in [0, 0.1) is 0 Å². The van der Waals surface area contributed by atoms with Crippen LogP contribution in [0.3, 0.4) is 0 Å². The second-order valence-electron chi connectivity index (χ2n) is 4.18. The summed E-state index contributed by atoms with van der Waals surface area (Å²) in [5, 5.41) is 9.25. The first-order chi connectivity index (χ1) is 12.5. The van der Waals surface area contributed by atoms with Crippen LogP contribution >= 0.6 is 0 Å². The van der Waals surface area contributed by atoms with Gasteiger partial charge in [-0.1, -0.05) is 5.16 Å². The fraction of sp³-hybridized carbons (Fsp3) is 0.333. The lowest BCUT2D eigenvalue weighted by atomic mass is 10.3. The minimum absolute atomic E-state index is 0.765. The van der Waals surface area contributed by atoms with E-state index in [0.29, 0.717) is 0 Å². The minimum atomic E-state index is -5.68. The molecule has 1 aromatic rings. The number of carbonyl (C=O) groups is 3. The number of carbonyl (C=O) groups excluding carboxylic acids is 3. The van der Waals surface area contributed by atoms with Gasteiger partial charge in [0.05, 0.1) is 0 Å². The SMILES string of the molecule is O=C(NC(=NOC(=O)C(F)(F)F)c1nonc1NC(=O)C(F)(F)F)C(F)(F)F. The van der Waals surface area contributed by atoms with Crippen LogP contribution in [-0.4, -0.2) is 52.5 Å². The summed E-state index contributed by atoms with van der Waals surface area (Å²) in [5.74, 6) is -12.0. The molecule has 28 heavy (non-hydrogen) atoms. The van der Waals surface area contributed by atoms with Gasteiger partial charge in [-0.3, -0.25) is 20.2 Å². The van der Waals surface area contributed by atoms with Crippen LogP contribution in [-0.2, 0) is 19.2 Å². The predicted molar refractivity (Wildman–Crippen MR) is 61.9 cm³/mol. The van der Waals surface area contributed by atoms with Gasteiger partial charge in [-0.25, -0.2) is 9.42 Å². The van der Waals surface area contributed by atoms with Crippen LogP contribution in [0.2, 0.25) is 0 Å². The molecule has 2 N–H and O–H groups in total. The minimum Gasteiger partial charge on any atom is -0.307 e. The zero-order chi connectivity index (χ0) is 21.9. The Balaban J connectivity index is 3.26. The second kappa shape index (κ2) is 7.68. The van der Waals surface area contributed by atoms with Gasteiger partial charge < -0.3 is 4.84 Å². The molecule has 2 amide bonds. The van der Waals surface area contributed by atoms with Crippen molar-refractivity contribution in [3.05, 3.63) is 5.69 Å². The van der Waals surface area contributed by atoms with Gasteiger partial charge in [0, 0.05) is 0 Å². The molecule has 0 fully saturated rings. The molecule has 0 saturated heterocycles. The van der Waals surface area contributed by atoms with E-state index < -0.39 is 53.7 Å². The van der Waals surface area contributed by atoms with E-state index >= 15 is 0 Å². The lowest BCUT2D eigenvalue weighted by Gasteiger charge is -2.10. The third-order valence-electron chi connectivity index (χ3n) is 2.14. The van der Waals surface area contributed by atoms with E-state index in [0.717, 1.165) is 10.6 Å². The lowest BCUT2D eigenvalue weighted by Crippen LogP contribution is -2.42. The number of amides is 2. The number of nitrogens with one attached hydrogen (secondary N) is 2. The van der Waals surface area contributed by atoms with Crippen molar-refractivity contribution in [2.45, 2.75) is 18.5 Å². The first-order valence-corrected chi connectivity index (χ1v) is 5.99. The highest BCUT2D eigenvalue weighted by atomic mass is 19.4. The Hall–Kier alpha value is -3.41. The molecule has 1 rings (SSSR count). The Kier molecular flexibility index (Phi) is 6.21. The van der Waals surface area contributed by atoms with Crippen molar-refractivity contribution < 1.29 is 63.4 Å². The maximum Gasteiger partial charge on any atom is 0.493 e. The Morgan fingerprint density at radius 1 is 0.857 bits per heavy atom. The molecule has 0 aliphatic carbocycles. The zero-order valence-corrected chi connectivity index (χ0v) is 12.3. The maximum absolute atomic E-state index is 12.3. The molecule has 0 atom stereocenters. The smallest absolute Gasteiger partial charge is 0.307 e. The first kappa shape index (κ1) is 22.6. The average Bonchev–Trinajstić information content (AvgIpc) is 2.95. The molecule has 156 valence electrons. The number of rotatable bonds is 3. The highest BCUT2D eigenvalue weighted by molar-refractivity contribution is 6.11. The highest BCUT2D eigenvalue weighted by Gasteiger charge is 2.44. The number of hydrogen-bond donors (Lipinski definition) is 2. The topological polar surface area (TPSA) is 136 Å². The molecule has 0 aromatic carbocycles. The van der Waals surface area contributed by atoms with E-state index in [1.807, 2.05) is 0 Å². The molecule has 19 heteroatoms. The van der Waals surface area contributed by atoms with E-state index in [1.165, 1.54) is 0 Å². The number of aromatic nitrogens is 2. The molecule has 1 heterocycles. The van der Waals surface area contributed by atoms with Gasteiger partial charge in [0.2, 0.25) is 11.7 Å². The third-order valence-corrected chi connectivity index (χ3v) is 2.14. The van der Waals surface area contributed by atoms with E-state index in [4.69, 9.17) is 0 Å². The number of halogens is 9. The van der Waals surface area contributed by atoms with Crippen LogP contribution in [0.25, 0.3) is 0 Å². The molecular formula is C9H2F9N5O5. The summed E-state index contributed by atoms with van der Waals surface area (Å²) < 4.78 is 113. The Bertz CT molecular complexity index is 794. The van der Waals surface area contributed by atoms with Crippen molar-refractivity contribution in [3.63, 3.8) is 0 Å². The molecule has 10 nitrogen and oxygen atoms in total. The van der Waals surface area contributed by atoms with Crippen LogP contribution in [0.4, 0.5) is 45.3 Å². The maximum atomic E-state index is 12.3. The van der Waals surface area contributed by atoms with Crippen LogP contribution in [0.5, 0.6) is 0 Å². The van der Waals surface area contributed by atoms with E-state index in [9.17, 15) is 53.9 Å². The number of amidine groups is 1. The third kappa shape index (κ3) is 6.09. The van der Waals surface area contributed by atoms with Gasteiger partial charge in [-0.05, 0) is 10.3 Å². The Labute approximate surface area is 144 Å². The van der Waals surface area contributed by atoms with E-state index in [-0.39, 0.29) is 0 Å². The van der Waals surface area contributed by atoms with Crippen LogP contribution < -0.4 is 10.6 Å². The molecule has 0 spiro atoms. The molecule has 0 radical (unpaired) electrons. The number of anilines is 1. The Morgan fingerprint density at radius 3 is 1.86 bits per heavy atom.